The summed E-state index contributed by atoms with van der Waals surface area (Å²) in [5.74, 6) is 0. The van der Waals surface area contributed by atoms with E-state index in [-0.39, 0.29) is 0 Å². The van der Waals surface area contributed by atoms with Gasteiger partial charge in [-0.1, -0.05) is 12.2 Å². The van der Waals surface area contributed by atoms with Crippen molar-refractivity contribution in [1.82, 2.24) is 4.98 Å². The average Bonchev–Trinajstić information content (AvgIpc) is 2.71. The topological polar surface area (TPSA) is 26.0 Å². The van der Waals surface area contributed by atoms with Crippen molar-refractivity contribution in [2.75, 3.05) is 0 Å². The smallest absolute Gasteiger partial charge is 0.152 e. The number of hydrogen-bond acceptors (Lipinski definition) is 2. The molecule has 0 saturated carbocycles. The molecule has 0 spiro atoms. The van der Waals surface area contributed by atoms with Gasteiger partial charge in [-0.25, -0.2) is 0 Å². The SMILES string of the molecule is C1=Cc2c(ncc3occc23)C1. The van der Waals surface area contributed by atoms with Crippen LogP contribution in [-0.4, -0.2) is 4.98 Å². The van der Waals surface area contributed by atoms with E-state index in [1.54, 1.807) is 12.5 Å². The monoisotopic (exact) mass is 157 g/mol. The molecule has 2 heterocycles. The van der Waals surface area contributed by atoms with Crippen molar-refractivity contribution in [3.8, 4) is 0 Å². The molecule has 0 N–H and O–H groups in total. The molecule has 58 valence electrons. The van der Waals surface area contributed by atoms with E-state index in [9.17, 15) is 0 Å². The summed E-state index contributed by atoms with van der Waals surface area (Å²) in [4.78, 5) is 4.30. The van der Waals surface area contributed by atoms with Gasteiger partial charge in [0.05, 0.1) is 18.2 Å². The van der Waals surface area contributed by atoms with Crippen LogP contribution in [0.25, 0.3) is 17.0 Å². The van der Waals surface area contributed by atoms with E-state index in [0.29, 0.717) is 0 Å². The Morgan fingerprint density at radius 2 is 2.42 bits per heavy atom. The van der Waals surface area contributed by atoms with Gasteiger partial charge in [0, 0.05) is 17.4 Å². The number of furan rings is 1. The molecule has 2 aromatic heterocycles. The molecule has 0 aromatic carbocycles. The summed E-state index contributed by atoms with van der Waals surface area (Å²) in [6.45, 7) is 0. The number of hydrogen-bond donors (Lipinski definition) is 0. The van der Waals surface area contributed by atoms with Gasteiger partial charge in [0.2, 0.25) is 0 Å². The molecule has 1 aliphatic rings. The lowest BCUT2D eigenvalue weighted by atomic mass is 10.1. The second-order valence-electron chi connectivity index (χ2n) is 2.92. The number of pyridine rings is 1. The van der Waals surface area contributed by atoms with Crippen LogP contribution in [0.1, 0.15) is 11.3 Å². The highest BCUT2D eigenvalue weighted by Crippen LogP contribution is 2.26. The number of allylic oxidation sites excluding steroid dienone is 1. The van der Waals surface area contributed by atoms with Crippen molar-refractivity contribution < 1.29 is 4.42 Å². The zero-order chi connectivity index (χ0) is 7.97. The van der Waals surface area contributed by atoms with E-state index in [1.807, 2.05) is 6.07 Å². The molecule has 1 aliphatic carbocycles. The maximum absolute atomic E-state index is 5.25. The lowest BCUT2D eigenvalue weighted by molar-refractivity contribution is 0.614. The molecular weight excluding hydrogens is 150 g/mol. The van der Waals surface area contributed by atoms with Crippen molar-refractivity contribution in [2.24, 2.45) is 0 Å². The number of nitrogens with zero attached hydrogens (tertiary/aromatic N) is 1. The quantitative estimate of drug-likeness (QED) is 0.586. The van der Waals surface area contributed by atoms with E-state index in [0.717, 1.165) is 17.7 Å². The predicted octanol–water partition coefficient (Wildman–Crippen LogP) is 2.40. The van der Waals surface area contributed by atoms with Crippen molar-refractivity contribution in [3.05, 3.63) is 35.9 Å². The standard InChI is InChI=1S/C10H7NO/c1-2-7-8-4-5-12-10(8)6-11-9(7)3-1/h1-2,4-6H,3H2. The summed E-state index contributed by atoms with van der Waals surface area (Å²) in [5, 5.41) is 1.17. The molecule has 0 bridgehead atoms. The third-order valence-electron chi connectivity index (χ3n) is 2.23. The Labute approximate surface area is 69.5 Å². The van der Waals surface area contributed by atoms with Gasteiger partial charge in [-0.2, -0.15) is 0 Å². The van der Waals surface area contributed by atoms with Crippen LogP contribution in [-0.2, 0) is 6.42 Å². The number of rotatable bonds is 0. The Morgan fingerprint density at radius 1 is 1.42 bits per heavy atom. The van der Waals surface area contributed by atoms with Crippen molar-refractivity contribution >= 4 is 17.0 Å². The molecule has 3 rings (SSSR count). The molecule has 0 saturated heterocycles. The van der Waals surface area contributed by atoms with Gasteiger partial charge >= 0.3 is 0 Å². The Hall–Kier alpha value is -1.57. The van der Waals surface area contributed by atoms with E-state index in [4.69, 9.17) is 4.42 Å². The third kappa shape index (κ3) is 0.619. The minimum atomic E-state index is 0.875. The molecule has 0 aliphatic heterocycles. The average molecular weight is 157 g/mol. The van der Waals surface area contributed by atoms with Crippen molar-refractivity contribution in [3.63, 3.8) is 0 Å². The lowest BCUT2D eigenvalue weighted by Crippen LogP contribution is -1.86. The molecular formula is C10H7NO. The van der Waals surface area contributed by atoms with Crippen LogP contribution >= 0.6 is 0 Å². The summed E-state index contributed by atoms with van der Waals surface area (Å²) in [7, 11) is 0. The maximum atomic E-state index is 5.25. The van der Waals surface area contributed by atoms with Crippen LogP contribution in [0.3, 0.4) is 0 Å². The van der Waals surface area contributed by atoms with Crippen LogP contribution in [0.4, 0.5) is 0 Å². The second kappa shape index (κ2) is 1.97. The Balaban J connectivity index is 2.52. The molecule has 2 aromatic rings. The van der Waals surface area contributed by atoms with Gasteiger partial charge in [0.25, 0.3) is 0 Å². The molecule has 2 nitrogen and oxygen atoms in total. The van der Waals surface area contributed by atoms with Crippen LogP contribution in [0.5, 0.6) is 0 Å². The van der Waals surface area contributed by atoms with E-state index >= 15 is 0 Å². The molecule has 2 heteroatoms. The number of fused-ring (bicyclic) bond motifs is 3. The van der Waals surface area contributed by atoms with Crippen LogP contribution in [0.2, 0.25) is 0 Å². The molecule has 0 atom stereocenters. The van der Waals surface area contributed by atoms with Crippen molar-refractivity contribution in [1.29, 1.82) is 0 Å². The fraction of sp³-hybridized carbons (Fsp3) is 0.100. The summed E-state index contributed by atoms with van der Waals surface area (Å²) in [5.41, 5.74) is 3.26. The van der Waals surface area contributed by atoms with Gasteiger partial charge in [-0.05, 0) is 6.07 Å². The molecule has 0 fully saturated rings. The van der Waals surface area contributed by atoms with Crippen LogP contribution in [0.15, 0.2) is 29.0 Å². The molecule has 0 radical (unpaired) electrons. The lowest BCUT2D eigenvalue weighted by Gasteiger charge is -1.96. The summed E-state index contributed by atoms with van der Waals surface area (Å²) in [6.07, 6.45) is 8.70. The van der Waals surface area contributed by atoms with Crippen LogP contribution < -0.4 is 0 Å². The third-order valence-corrected chi connectivity index (χ3v) is 2.23. The Kier molecular flexibility index (Phi) is 0.987. The van der Waals surface area contributed by atoms with Gasteiger partial charge in [0.15, 0.2) is 5.58 Å². The van der Waals surface area contributed by atoms with E-state index in [1.165, 1.54) is 10.9 Å². The first-order chi connectivity index (χ1) is 5.95. The minimum absolute atomic E-state index is 0.875. The number of aromatic nitrogens is 1. The van der Waals surface area contributed by atoms with E-state index in [2.05, 4.69) is 17.1 Å². The Bertz CT molecular complexity index is 468. The van der Waals surface area contributed by atoms with Gasteiger partial charge in [0.1, 0.15) is 0 Å². The molecule has 12 heavy (non-hydrogen) atoms. The normalized spacial score (nSPS) is 14.0. The van der Waals surface area contributed by atoms with Gasteiger partial charge in [-0.3, -0.25) is 4.98 Å². The highest BCUT2D eigenvalue weighted by Gasteiger charge is 2.11. The maximum Gasteiger partial charge on any atom is 0.152 e. The first-order valence-corrected chi connectivity index (χ1v) is 3.97. The summed E-state index contributed by atoms with van der Waals surface area (Å²) >= 11 is 0. The van der Waals surface area contributed by atoms with Crippen molar-refractivity contribution in [2.45, 2.75) is 6.42 Å². The fourth-order valence-corrected chi connectivity index (χ4v) is 1.64. The molecule has 0 amide bonds. The van der Waals surface area contributed by atoms with Gasteiger partial charge < -0.3 is 4.42 Å². The fourth-order valence-electron chi connectivity index (χ4n) is 1.64. The van der Waals surface area contributed by atoms with Gasteiger partial charge in [-0.15, -0.1) is 0 Å². The van der Waals surface area contributed by atoms with Crippen LogP contribution in [0, 0.1) is 0 Å². The summed E-state index contributed by atoms with van der Waals surface area (Å²) < 4.78 is 5.25. The summed E-state index contributed by atoms with van der Waals surface area (Å²) in [6, 6.07) is 1.99. The first kappa shape index (κ1) is 6.00. The molecule has 0 unspecified atom stereocenters. The predicted molar refractivity (Wildman–Crippen MR) is 46.7 cm³/mol. The highest BCUT2D eigenvalue weighted by molar-refractivity contribution is 5.88. The first-order valence-electron chi connectivity index (χ1n) is 3.97. The zero-order valence-electron chi connectivity index (χ0n) is 6.45. The largest absolute Gasteiger partial charge is 0.463 e. The van der Waals surface area contributed by atoms with E-state index < -0.39 is 0 Å². The zero-order valence-corrected chi connectivity index (χ0v) is 6.45. The second-order valence-corrected chi connectivity index (χ2v) is 2.92. The minimum Gasteiger partial charge on any atom is -0.463 e. The highest BCUT2D eigenvalue weighted by atomic mass is 16.3. The Morgan fingerprint density at radius 3 is 3.42 bits per heavy atom.